The van der Waals surface area contributed by atoms with Gasteiger partial charge in [-0.2, -0.15) is 0 Å². The first-order valence-corrected chi connectivity index (χ1v) is 20.9. The Morgan fingerprint density at radius 2 is 0.568 bits per heavy atom. The lowest BCUT2D eigenvalue weighted by Gasteiger charge is -2.18. The van der Waals surface area contributed by atoms with Gasteiger partial charge in [0.05, 0.1) is 0 Å². The highest BCUT2D eigenvalue weighted by Gasteiger charge is 2.14. The van der Waals surface area contributed by atoms with Gasteiger partial charge in [-0.15, -0.1) is 0 Å². The van der Waals surface area contributed by atoms with Crippen LogP contribution in [0.25, 0.3) is 0 Å². The molecule has 1 unspecified atom stereocenters. The van der Waals surface area contributed by atoms with E-state index in [1.54, 1.807) is 0 Å². The van der Waals surface area contributed by atoms with Crippen molar-refractivity contribution in [3.63, 3.8) is 0 Å². The van der Waals surface area contributed by atoms with Gasteiger partial charge in [-0.1, -0.05) is 220 Å². The number of esters is 1. The molecular formula is C42H84O2. The highest BCUT2D eigenvalue weighted by molar-refractivity contribution is 5.69. The molecule has 0 aliphatic heterocycles. The van der Waals surface area contributed by atoms with E-state index in [2.05, 4.69) is 20.8 Å². The van der Waals surface area contributed by atoms with Crippen LogP contribution >= 0.6 is 0 Å². The maximum absolute atomic E-state index is 12.7. The zero-order chi connectivity index (χ0) is 32.0. The summed E-state index contributed by atoms with van der Waals surface area (Å²) in [6.45, 7) is 6.88. The molecule has 0 spiro atoms. The zero-order valence-corrected chi connectivity index (χ0v) is 31.1. The molecule has 1 atom stereocenters. The number of ether oxygens (including phenoxy) is 1. The van der Waals surface area contributed by atoms with Crippen molar-refractivity contribution in [2.45, 2.75) is 264 Å². The van der Waals surface area contributed by atoms with Crippen LogP contribution in [0.4, 0.5) is 0 Å². The van der Waals surface area contributed by atoms with Crippen molar-refractivity contribution in [2.24, 2.45) is 0 Å². The molecule has 0 aromatic carbocycles. The van der Waals surface area contributed by atoms with Gasteiger partial charge in [-0.25, -0.2) is 0 Å². The average Bonchev–Trinajstić information content (AvgIpc) is 3.02. The summed E-state index contributed by atoms with van der Waals surface area (Å²) in [5.74, 6) is 0.0768. The molecule has 0 bridgehead atoms. The summed E-state index contributed by atoms with van der Waals surface area (Å²) in [4.78, 5) is 12.7. The van der Waals surface area contributed by atoms with E-state index in [1.807, 2.05) is 0 Å². The van der Waals surface area contributed by atoms with E-state index in [-0.39, 0.29) is 12.1 Å². The van der Waals surface area contributed by atoms with Crippen LogP contribution in [0.2, 0.25) is 0 Å². The Kier molecular flexibility index (Phi) is 38.2. The third kappa shape index (κ3) is 35.9. The van der Waals surface area contributed by atoms with Crippen LogP contribution in [0.3, 0.4) is 0 Å². The van der Waals surface area contributed by atoms with Crippen molar-refractivity contribution in [1.82, 2.24) is 0 Å². The van der Waals surface area contributed by atoms with Gasteiger partial charge >= 0.3 is 5.97 Å². The summed E-state index contributed by atoms with van der Waals surface area (Å²) < 4.78 is 6.10. The minimum atomic E-state index is 0.0768. The lowest BCUT2D eigenvalue weighted by atomic mass is 10.0. The quantitative estimate of drug-likeness (QED) is 0.0507. The highest BCUT2D eigenvalue weighted by Crippen LogP contribution is 2.19. The van der Waals surface area contributed by atoms with Gasteiger partial charge in [0, 0.05) is 6.42 Å². The van der Waals surface area contributed by atoms with Crippen molar-refractivity contribution < 1.29 is 9.53 Å². The zero-order valence-electron chi connectivity index (χ0n) is 31.1. The van der Waals surface area contributed by atoms with Crippen molar-refractivity contribution in [1.29, 1.82) is 0 Å². The van der Waals surface area contributed by atoms with Crippen LogP contribution in [0, 0.1) is 0 Å². The molecule has 2 nitrogen and oxygen atoms in total. The van der Waals surface area contributed by atoms with E-state index >= 15 is 0 Å². The second-order valence-corrected chi connectivity index (χ2v) is 14.4. The summed E-state index contributed by atoms with van der Waals surface area (Å²) in [7, 11) is 0. The Morgan fingerprint density at radius 3 is 0.841 bits per heavy atom. The predicted octanol–water partition coefficient (Wildman–Crippen LogP) is 15.4. The highest BCUT2D eigenvalue weighted by atomic mass is 16.5. The molecule has 2 heteroatoms. The van der Waals surface area contributed by atoms with Crippen LogP contribution in [0.5, 0.6) is 0 Å². The Balaban J connectivity index is 4.05. The third-order valence-electron chi connectivity index (χ3n) is 9.79. The van der Waals surface area contributed by atoms with Crippen molar-refractivity contribution in [3.8, 4) is 0 Å². The number of carbonyl (C=O) groups is 1. The van der Waals surface area contributed by atoms with Gasteiger partial charge < -0.3 is 4.74 Å². The summed E-state index contributed by atoms with van der Waals surface area (Å²) in [5.41, 5.74) is 0. The first-order chi connectivity index (χ1) is 21.7. The molecule has 0 rings (SSSR count). The second kappa shape index (κ2) is 38.7. The van der Waals surface area contributed by atoms with Gasteiger partial charge in [0.2, 0.25) is 0 Å². The predicted molar refractivity (Wildman–Crippen MR) is 198 cm³/mol. The van der Waals surface area contributed by atoms with Gasteiger partial charge in [0.1, 0.15) is 6.10 Å². The molecule has 0 saturated heterocycles. The summed E-state index contributed by atoms with van der Waals surface area (Å²) in [5, 5.41) is 0. The molecule has 0 N–H and O–H groups in total. The molecule has 0 aromatic rings. The van der Waals surface area contributed by atoms with Crippen LogP contribution in [0.15, 0.2) is 0 Å². The molecule has 0 fully saturated rings. The van der Waals surface area contributed by atoms with E-state index in [0.717, 1.165) is 19.3 Å². The molecule has 264 valence electrons. The number of unbranched alkanes of at least 4 members (excludes halogenated alkanes) is 31. The Bertz CT molecular complexity index is 530. The fourth-order valence-electron chi connectivity index (χ4n) is 6.69. The SMILES string of the molecule is CCCCCCCCCCCCCCC(CCCCCCCCCCCCC)OC(=O)CCCCCCCCCCCCC. The van der Waals surface area contributed by atoms with E-state index in [1.165, 1.54) is 212 Å². The molecule has 0 aliphatic carbocycles. The Hall–Kier alpha value is -0.530. The number of hydrogen-bond donors (Lipinski definition) is 0. The minimum Gasteiger partial charge on any atom is -0.462 e. The molecule has 0 saturated carbocycles. The lowest BCUT2D eigenvalue weighted by Crippen LogP contribution is -2.18. The van der Waals surface area contributed by atoms with Gasteiger partial charge in [-0.3, -0.25) is 4.79 Å². The van der Waals surface area contributed by atoms with Crippen molar-refractivity contribution in [3.05, 3.63) is 0 Å². The number of carbonyl (C=O) groups excluding carboxylic acids is 1. The van der Waals surface area contributed by atoms with Crippen LogP contribution in [0.1, 0.15) is 258 Å². The van der Waals surface area contributed by atoms with E-state index in [0.29, 0.717) is 6.42 Å². The molecule has 0 amide bonds. The fraction of sp³-hybridized carbons (Fsp3) is 0.976. The average molecular weight is 621 g/mol. The van der Waals surface area contributed by atoms with Crippen molar-refractivity contribution >= 4 is 5.97 Å². The molecule has 44 heavy (non-hydrogen) atoms. The molecule has 0 heterocycles. The number of hydrogen-bond acceptors (Lipinski definition) is 2. The Morgan fingerprint density at radius 1 is 0.341 bits per heavy atom. The maximum Gasteiger partial charge on any atom is 0.306 e. The van der Waals surface area contributed by atoms with E-state index in [4.69, 9.17) is 4.74 Å². The molecule has 0 aromatic heterocycles. The Labute approximate surface area is 279 Å². The first-order valence-electron chi connectivity index (χ1n) is 20.9. The summed E-state index contributed by atoms with van der Waals surface area (Å²) in [6, 6.07) is 0. The molecule has 0 radical (unpaired) electrons. The monoisotopic (exact) mass is 621 g/mol. The minimum absolute atomic E-state index is 0.0768. The third-order valence-corrected chi connectivity index (χ3v) is 9.79. The maximum atomic E-state index is 12.7. The normalized spacial score (nSPS) is 12.2. The van der Waals surface area contributed by atoms with Crippen molar-refractivity contribution in [2.75, 3.05) is 0 Å². The van der Waals surface area contributed by atoms with Crippen LogP contribution in [-0.2, 0) is 9.53 Å². The molecular weight excluding hydrogens is 536 g/mol. The van der Waals surface area contributed by atoms with Crippen LogP contribution < -0.4 is 0 Å². The summed E-state index contributed by atoms with van der Waals surface area (Å²) >= 11 is 0. The lowest BCUT2D eigenvalue weighted by molar-refractivity contribution is -0.150. The van der Waals surface area contributed by atoms with Crippen LogP contribution in [-0.4, -0.2) is 12.1 Å². The topological polar surface area (TPSA) is 26.3 Å². The van der Waals surface area contributed by atoms with Gasteiger partial charge in [-0.05, 0) is 32.1 Å². The molecule has 0 aliphatic rings. The number of rotatable bonds is 38. The standard InChI is InChI=1S/C42H84O2/c1-4-7-10-13-16-19-22-25-27-30-33-36-39-41(38-35-32-29-26-23-20-17-14-11-8-5-2)44-42(43)40-37-34-31-28-24-21-18-15-12-9-6-3/h41H,4-40H2,1-3H3. The van der Waals surface area contributed by atoms with Gasteiger partial charge in [0.25, 0.3) is 0 Å². The van der Waals surface area contributed by atoms with E-state index in [9.17, 15) is 4.79 Å². The second-order valence-electron chi connectivity index (χ2n) is 14.4. The smallest absolute Gasteiger partial charge is 0.306 e. The largest absolute Gasteiger partial charge is 0.462 e. The fourth-order valence-corrected chi connectivity index (χ4v) is 6.69. The summed E-state index contributed by atoms with van der Waals surface area (Å²) in [6.07, 6.45) is 49.2. The van der Waals surface area contributed by atoms with Gasteiger partial charge in [0.15, 0.2) is 0 Å². The first kappa shape index (κ1) is 43.5. The van der Waals surface area contributed by atoms with E-state index < -0.39 is 0 Å².